The standard InChI is InChI=1S/C10H9N5/c11-5-9-13-14-10-6-12-7-3-1-2-4-8(7)15(9)10/h1-4,6H,5,11H2. The van der Waals surface area contributed by atoms with Crippen molar-refractivity contribution in [1.82, 2.24) is 19.6 Å². The van der Waals surface area contributed by atoms with Gasteiger partial charge in [0, 0.05) is 0 Å². The average molecular weight is 199 g/mol. The van der Waals surface area contributed by atoms with Crippen LogP contribution in [0.4, 0.5) is 0 Å². The zero-order valence-electron chi connectivity index (χ0n) is 7.96. The largest absolute Gasteiger partial charge is 0.324 e. The molecule has 74 valence electrons. The average Bonchev–Trinajstić information content (AvgIpc) is 2.72. The molecule has 2 aromatic heterocycles. The third-order valence-corrected chi connectivity index (χ3v) is 2.38. The number of fused-ring (bicyclic) bond motifs is 3. The van der Waals surface area contributed by atoms with Crippen LogP contribution in [0.5, 0.6) is 0 Å². The SMILES string of the molecule is NCc1nnc2cnc3ccccc3n12. The van der Waals surface area contributed by atoms with Crippen LogP contribution in [-0.2, 0) is 6.54 Å². The Morgan fingerprint density at radius 1 is 1.20 bits per heavy atom. The molecule has 2 heterocycles. The summed E-state index contributed by atoms with van der Waals surface area (Å²) in [5.41, 5.74) is 8.24. The summed E-state index contributed by atoms with van der Waals surface area (Å²) in [5.74, 6) is 0.753. The van der Waals surface area contributed by atoms with Gasteiger partial charge in [0.25, 0.3) is 0 Å². The van der Waals surface area contributed by atoms with Crippen molar-refractivity contribution in [3.05, 3.63) is 36.3 Å². The van der Waals surface area contributed by atoms with Crippen LogP contribution in [-0.4, -0.2) is 19.6 Å². The summed E-state index contributed by atoms with van der Waals surface area (Å²) < 4.78 is 1.93. The van der Waals surface area contributed by atoms with E-state index in [1.165, 1.54) is 0 Å². The Morgan fingerprint density at radius 3 is 2.93 bits per heavy atom. The van der Waals surface area contributed by atoms with Gasteiger partial charge in [-0.3, -0.25) is 9.38 Å². The molecule has 0 unspecified atom stereocenters. The molecule has 0 fully saturated rings. The minimum Gasteiger partial charge on any atom is -0.324 e. The number of nitrogens with zero attached hydrogens (tertiary/aromatic N) is 4. The van der Waals surface area contributed by atoms with Crippen molar-refractivity contribution in [2.24, 2.45) is 5.73 Å². The monoisotopic (exact) mass is 199 g/mol. The first-order valence-corrected chi connectivity index (χ1v) is 4.68. The molecule has 3 rings (SSSR count). The topological polar surface area (TPSA) is 69.1 Å². The van der Waals surface area contributed by atoms with Gasteiger partial charge in [0.15, 0.2) is 11.5 Å². The molecule has 0 amide bonds. The minimum absolute atomic E-state index is 0.370. The van der Waals surface area contributed by atoms with Crippen LogP contribution in [0.1, 0.15) is 5.82 Å². The quantitative estimate of drug-likeness (QED) is 0.627. The van der Waals surface area contributed by atoms with E-state index in [9.17, 15) is 0 Å². The fourth-order valence-electron chi connectivity index (χ4n) is 1.70. The molecule has 1 aromatic carbocycles. The van der Waals surface area contributed by atoms with Gasteiger partial charge in [0.05, 0.1) is 23.8 Å². The molecular formula is C10H9N5. The van der Waals surface area contributed by atoms with Crippen molar-refractivity contribution < 1.29 is 0 Å². The number of benzene rings is 1. The molecular weight excluding hydrogens is 190 g/mol. The highest BCUT2D eigenvalue weighted by Crippen LogP contribution is 2.14. The number of hydrogen-bond acceptors (Lipinski definition) is 4. The first-order valence-electron chi connectivity index (χ1n) is 4.68. The molecule has 0 radical (unpaired) electrons. The van der Waals surface area contributed by atoms with Crippen molar-refractivity contribution in [3.8, 4) is 0 Å². The van der Waals surface area contributed by atoms with Gasteiger partial charge in [0.2, 0.25) is 0 Å². The summed E-state index contributed by atoms with van der Waals surface area (Å²) in [6, 6.07) is 7.85. The first-order chi connectivity index (χ1) is 7.40. The van der Waals surface area contributed by atoms with Gasteiger partial charge < -0.3 is 5.73 Å². The Morgan fingerprint density at radius 2 is 2.07 bits per heavy atom. The molecule has 0 saturated carbocycles. The van der Waals surface area contributed by atoms with Crippen LogP contribution in [0.15, 0.2) is 30.5 Å². The van der Waals surface area contributed by atoms with E-state index in [0.29, 0.717) is 6.54 Å². The number of nitrogens with two attached hydrogens (primary N) is 1. The van der Waals surface area contributed by atoms with Gasteiger partial charge in [-0.2, -0.15) is 0 Å². The molecule has 0 aliphatic rings. The fourth-order valence-corrected chi connectivity index (χ4v) is 1.70. The number of rotatable bonds is 1. The summed E-state index contributed by atoms with van der Waals surface area (Å²) in [6.45, 7) is 0.370. The summed E-state index contributed by atoms with van der Waals surface area (Å²) in [5, 5.41) is 8.02. The van der Waals surface area contributed by atoms with Gasteiger partial charge in [-0.25, -0.2) is 0 Å². The van der Waals surface area contributed by atoms with Crippen molar-refractivity contribution >= 4 is 16.7 Å². The van der Waals surface area contributed by atoms with Gasteiger partial charge in [-0.1, -0.05) is 12.1 Å². The lowest BCUT2D eigenvalue weighted by Crippen LogP contribution is -2.03. The van der Waals surface area contributed by atoms with Crippen LogP contribution < -0.4 is 5.73 Å². The Kier molecular flexibility index (Phi) is 1.66. The highest BCUT2D eigenvalue weighted by atomic mass is 15.3. The molecule has 0 atom stereocenters. The number of para-hydroxylation sites is 2. The van der Waals surface area contributed by atoms with Crippen molar-refractivity contribution in [3.63, 3.8) is 0 Å². The number of aromatic nitrogens is 4. The lowest BCUT2D eigenvalue weighted by molar-refractivity contribution is 0.894. The van der Waals surface area contributed by atoms with Crippen LogP contribution in [0.2, 0.25) is 0 Å². The maximum absolute atomic E-state index is 5.61. The summed E-state index contributed by atoms with van der Waals surface area (Å²) in [4.78, 5) is 4.29. The lowest BCUT2D eigenvalue weighted by atomic mass is 10.3. The first kappa shape index (κ1) is 8.31. The van der Waals surface area contributed by atoms with Crippen molar-refractivity contribution in [1.29, 1.82) is 0 Å². The zero-order chi connectivity index (χ0) is 10.3. The smallest absolute Gasteiger partial charge is 0.179 e. The second kappa shape index (κ2) is 2.99. The molecule has 0 bridgehead atoms. The number of hydrogen-bond donors (Lipinski definition) is 1. The molecule has 0 aliphatic heterocycles. The van der Waals surface area contributed by atoms with E-state index < -0.39 is 0 Å². The summed E-state index contributed by atoms with van der Waals surface area (Å²) in [7, 11) is 0. The van der Waals surface area contributed by atoms with Crippen LogP contribution in [0.3, 0.4) is 0 Å². The fraction of sp³-hybridized carbons (Fsp3) is 0.100. The second-order valence-electron chi connectivity index (χ2n) is 3.26. The molecule has 5 nitrogen and oxygen atoms in total. The maximum atomic E-state index is 5.61. The molecule has 5 heteroatoms. The van der Waals surface area contributed by atoms with Gasteiger partial charge >= 0.3 is 0 Å². The summed E-state index contributed by atoms with van der Waals surface area (Å²) in [6.07, 6.45) is 1.70. The highest BCUT2D eigenvalue weighted by Gasteiger charge is 2.06. The summed E-state index contributed by atoms with van der Waals surface area (Å²) >= 11 is 0. The van der Waals surface area contributed by atoms with E-state index >= 15 is 0 Å². The molecule has 0 aliphatic carbocycles. The van der Waals surface area contributed by atoms with E-state index in [-0.39, 0.29) is 0 Å². The molecule has 0 saturated heterocycles. The lowest BCUT2D eigenvalue weighted by Gasteiger charge is -2.01. The normalized spacial score (nSPS) is 11.3. The third-order valence-electron chi connectivity index (χ3n) is 2.38. The van der Waals surface area contributed by atoms with Crippen LogP contribution >= 0.6 is 0 Å². The van der Waals surface area contributed by atoms with Crippen molar-refractivity contribution in [2.75, 3.05) is 0 Å². The van der Waals surface area contributed by atoms with Gasteiger partial charge in [0.1, 0.15) is 0 Å². The highest BCUT2D eigenvalue weighted by molar-refractivity contribution is 5.77. The Labute approximate surface area is 85.6 Å². The van der Waals surface area contributed by atoms with E-state index in [1.54, 1.807) is 6.20 Å². The van der Waals surface area contributed by atoms with Crippen LogP contribution in [0, 0.1) is 0 Å². The molecule has 2 N–H and O–H groups in total. The molecule has 3 aromatic rings. The zero-order valence-corrected chi connectivity index (χ0v) is 7.96. The van der Waals surface area contributed by atoms with Gasteiger partial charge in [-0.05, 0) is 12.1 Å². The Bertz CT molecular complexity index is 628. The predicted molar refractivity (Wildman–Crippen MR) is 56.2 cm³/mol. The van der Waals surface area contributed by atoms with E-state index in [0.717, 1.165) is 22.5 Å². The second-order valence-corrected chi connectivity index (χ2v) is 3.26. The Balaban J connectivity index is 2.56. The van der Waals surface area contributed by atoms with E-state index in [1.807, 2.05) is 28.7 Å². The van der Waals surface area contributed by atoms with Crippen molar-refractivity contribution in [2.45, 2.75) is 6.54 Å². The maximum Gasteiger partial charge on any atom is 0.179 e. The van der Waals surface area contributed by atoms with E-state index in [4.69, 9.17) is 5.73 Å². The van der Waals surface area contributed by atoms with Gasteiger partial charge in [-0.15, -0.1) is 10.2 Å². The van der Waals surface area contributed by atoms with E-state index in [2.05, 4.69) is 15.2 Å². The third kappa shape index (κ3) is 1.10. The minimum atomic E-state index is 0.370. The molecule has 0 spiro atoms. The van der Waals surface area contributed by atoms with Crippen LogP contribution in [0.25, 0.3) is 16.7 Å². The Hall–Kier alpha value is -2.01. The predicted octanol–water partition coefficient (Wildman–Crippen LogP) is 0.736. The molecule has 15 heavy (non-hydrogen) atoms.